The van der Waals surface area contributed by atoms with Crippen LogP contribution in [0.3, 0.4) is 0 Å². The summed E-state index contributed by atoms with van der Waals surface area (Å²) in [5.74, 6) is 1.68. The van der Waals surface area contributed by atoms with Crippen molar-refractivity contribution in [2.75, 3.05) is 12.4 Å². The number of halogens is 1. The Labute approximate surface area is 159 Å². The van der Waals surface area contributed by atoms with Gasteiger partial charge in [-0.25, -0.2) is 14.4 Å². The molecule has 0 bridgehead atoms. The number of pyridine rings is 1. The van der Waals surface area contributed by atoms with Crippen LogP contribution >= 0.6 is 0 Å². The number of anilines is 1. The highest BCUT2D eigenvalue weighted by molar-refractivity contribution is 5.96. The second-order valence-corrected chi connectivity index (χ2v) is 6.18. The van der Waals surface area contributed by atoms with Gasteiger partial charge in [0.05, 0.1) is 19.0 Å². The average Bonchev–Trinajstić information content (AvgIpc) is 3.14. The van der Waals surface area contributed by atoms with Gasteiger partial charge in [-0.2, -0.15) is 0 Å². The summed E-state index contributed by atoms with van der Waals surface area (Å²) in [4.78, 5) is 12.8. The van der Waals surface area contributed by atoms with Gasteiger partial charge in [-0.05, 0) is 31.2 Å². The van der Waals surface area contributed by atoms with Crippen molar-refractivity contribution in [2.45, 2.75) is 19.9 Å². The predicted molar refractivity (Wildman–Crippen MR) is 100 cm³/mol. The number of aromatic nitrogens is 5. The summed E-state index contributed by atoms with van der Waals surface area (Å²) >= 11 is 0. The first-order valence-corrected chi connectivity index (χ1v) is 8.56. The molecule has 1 atom stereocenters. The standard InChI is InChI=1S/C19H17FN6O2/c1-10(19-26-25-11(2)28-19)24-18-14-6-12(15-5-4-13(20)8-21-15)7-16(27-3)17(14)22-9-23-18/h4-10H,1-3H3,(H,22,23,24). The van der Waals surface area contributed by atoms with E-state index in [1.54, 1.807) is 20.1 Å². The molecule has 142 valence electrons. The van der Waals surface area contributed by atoms with Gasteiger partial charge in [0.15, 0.2) is 0 Å². The number of nitrogens with zero attached hydrogens (tertiary/aromatic N) is 5. The lowest BCUT2D eigenvalue weighted by Gasteiger charge is -2.14. The second kappa shape index (κ2) is 7.18. The third-order valence-corrected chi connectivity index (χ3v) is 4.21. The lowest BCUT2D eigenvalue weighted by Crippen LogP contribution is -2.09. The van der Waals surface area contributed by atoms with E-state index in [1.807, 2.05) is 19.1 Å². The molecular weight excluding hydrogens is 363 g/mol. The lowest BCUT2D eigenvalue weighted by atomic mass is 10.1. The largest absolute Gasteiger partial charge is 0.494 e. The van der Waals surface area contributed by atoms with Gasteiger partial charge in [0.2, 0.25) is 11.8 Å². The van der Waals surface area contributed by atoms with E-state index in [-0.39, 0.29) is 6.04 Å². The summed E-state index contributed by atoms with van der Waals surface area (Å²) in [7, 11) is 1.57. The summed E-state index contributed by atoms with van der Waals surface area (Å²) in [6.45, 7) is 3.62. The molecule has 0 aliphatic rings. The Hall–Kier alpha value is -3.62. The summed E-state index contributed by atoms with van der Waals surface area (Å²) in [5, 5.41) is 11.9. The van der Waals surface area contributed by atoms with Crippen molar-refractivity contribution in [2.24, 2.45) is 0 Å². The zero-order valence-electron chi connectivity index (χ0n) is 15.5. The average molecular weight is 380 g/mol. The smallest absolute Gasteiger partial charge is 0.238 e. The van der Waals surface area contributed by atoms with Crippen LogP contribution in [0.1, 0.15) is 24.7 Å². The first-order valence-electron chi connectivity index (χ1n) is 8.56. The van der Waals surface area contributed by atoms with E-state index in [1.165, 1.54) is 18.6 Å². The second-order valence-electron chi connectivity index (χ2n) is 6.18. The van der Waals surface area contributed by atoms with Crippen LogP contribution in [0.2, 0.25) is 0 Å². The van der Waals surface area contributed by atoms with Gasteiger partial charge in [0.1, 0.15) is 35.3 Å². The van der Waals surface area contributed by atoms with Crippen LogP contribution in [-0.4, -0.2) is 32.3 Å². The van der Waals surface area contributed by atoms with E-state index in [9.17, 15) is 4.39 Å². The molecule has 4 rings (SSSR count). The highest BCUT2D eigenvalue weighted by Crippen LogP contribution is 2.34. The van der Waals surface area contributed by atoms with E-state index in [0.717, 1.165) is 10.9 Å². The Morgan fingerprint density at radius 2 is 2.00 bits per heavy atom. The molecule has 0 saturated heterocycles. The van der Waals surface area contributed by atoms with Gasteiger partial charge >= 0.3 is 0 Å². The molecule has 0 radical (unpaired) electrons. The first kappa shape index (κ1) is 17.8. The Morgan fingerprint density at radius 3 is 2.68 bits per heavy atom. The highest BCUT2D eigenvalue weighted by atomic mass is 19.1. The topological polar surface area (TPSA) is 98.8 Å². The fourth-order valence-electron chi connectivity index (χ4n) is 2.85. The Bertz CT molecular complexity index is 1130. The number of hydrogen-bond donors (Lipinski definition) is 1. The van der Waals surface area contributed by atoms with Crippen molar-refractivity contribution in [3.63, 3.8) is 0 Å². The fraction of sp³-hybridized carbons (Fsp3) is 0.211. The summed E-state index contributed by atoms with van der Waals surface area (Å²) in [6.07, 6.45) is 2.63. The van der Waals surface area contributed by atoms with E-state index in [2.05, 4.69) is 30.5 Å². The van der Waals surface area contributed by atoms with Crippen molar-refractivity contribution in [3.8, 4) is 17.0 Å². The molecule has 0 amide bonds. The zero-order valence-corrected chi connectivity index (χ0v) is 15.5. The number of methoxy groups -OCH3 is 1. The number of fused-ring (bicyclic) bond motifs is 1. The SMILES string of the molecule is COc1cc(-c2ccc(F)cn2)cc2c(NC(C)c3nnc(C)o3)ncnc12. The van der Waals surface area contributed by atoms with E-state index in [0.29, 0.717) is 34.6 Å². The monoisotopic (exact) mass is 380 g/mol. The third-order valence-electron chi connectivity index (χ3n) is 4.21. The Morgan fingerprint density at radius 1 is 1.14 bits per heavy atom. The van der Waals surface area contributed by atoms with Crippen LogP contribution in [0.4, 0.5) is 10.2 Å². The summed E-state index contributed by atoms with van der Waals surface area (Å²) in [5.41, 5.74) is 2.00. The van der Waals surface area contributed by atoms with Crippen LogP contribution in [0, 0.1) is 12.7 Å². The van der Waals surface area contributed by atoms with Crippen LogP contribution in [-0.2, 0) is 0 Å². The minimum absolute atomic E-state index is 0.266. The maximum Gasteiger partial charge on any atom is 0.238 e. The molecule has 0 aliphatic heterocycles. The van der Waals surface area contributed by atoms with Gasteiger partial charge in [0.25, 0.3) is 0 Å². The van der Waals surface area contributed by atoms with E-state index < -0.39 is 5.82 Å². The lowest BCUT2D eigenvalue weighted by molar-refractivity contribution is 0.419. The molecule has 1 unspecified atom stereocenters. The minimum atomic E-state index is -0.397. The number of hydrogen-bond acceptors (Lipinski definition) is 8. The maximum atomic E-state index is 13.2. The molecular formula is C19H17FN6O2. The number of ether oxygens (including phenoxy) is 1. The molecule has 9 heteroatoms. The molecule has 3 aromatic heterocycles. The van der Waals surface area contributed by atoms with Crippen LogP contribution in [0.15, 0.2) is 41.2 Å². The van der Waals surface area contributed by atoms with Crippen molar-refractivity contribution >= 4 is 16.7 Å². The number of aryl methyl sites for hydroxylation is 1. The number of nitrogens with one attached hydrogen (secondary N) is 1. The van der Waals surface area contributed by atoms with Crippen molar-refractivity contribution in [3.05, 3.63) is 54.4 Å². The van der Waals surface area contributed by atoms with Crippen LogP contribution in [0.25, 0.3) is 22.2 Å². The number of benzene rings is 1. The summed E-state index contributed by atoms with van der Waals surface area (Å²) < 4.78 is 24.2. The molecule has 1 N–H and O–H groups in total. The maximum absolute atomic E-state index is 13.2. The van der Waals surface area contributed by atoms with Gasteiger partial charge in [-0.15, -0.1) is 10.2 Å². The van der Waals surface area contributed by atoms with Crippen molar-refractivity contribution in [1.29, 1.82) is 0 Å². The fourth-order valence-corrected chi connectivity index (χ4v) is 2.85. The van der Waals surface area contributed by atoms with Crippen molar-refractivity contribution < 1.29 is 13.5 Å². The molecule has 4 aromatic rings. The Kier molecular flexibility index (Phi) is 4.56. The molecule has 1 aromatic carbocycles. The molecule has 0 fully saturated rings. The Balaban J connectivity index is 1.80. The molecule has 0 saturated carbocycles. The third kappa shape index (κ3) is 3.34. The molecule has 0 aliphatic carbocycles. The normalized spacial score (nSPS) is 12.1. The van der Waals surface area contributed by atoms with Gasteiger partial charge in [-0.1, -0.05) is 0 Å². The quantitative estimate of drug-likeness (QED) is 0.559. The molecule has 8 nitrogen and oxygen atoms in total. The van der Waals surface area contributed by atoms with E-state index in [4.69, 9.17) is 9.15 Å². The van der Waals surface area contributed by atoms with Crippen LogP contribution < -0.4 is 10.1 Å². The van der Waals surface area contributed by atoms with Crippen molar-refractivity contribution in [1.82, 2.24) is 25.1 Å². The zero-order chi connectivity index (χ0) is 19.7. The number of rotatable bonds is 5. The first-order chi connectivity index (χ1) is 13.5. The van der Waals surface area contributed by atoms with Crippen LogP contribution in [0.5, 0.6) is 5.75 Å². The predicted octanol–water partition coefficient (Wildman–Crippen LogP) is 3.70. The van der Waals surface area contributed by atoms with E-state index >= 15 is 0 Å². The minimum Gasteiger partial charge on any atom is -0.494 e. The van der Waals surface area contributed by atoms with Gasteiger partial charge in [0, 0.05) is 17.9 Å². The highest BCUT2D eigenvalue weighted by Gasteiger charge is 2.17. The summed E-state index contributed by atoms with van der Waals surface area (Å²) in [6, 6.07) is 6.39. The van der Waals surface area contributed by atoms with Gasteiger partial charge in [-0.3, -0.25) is 4.98 Å². The molecule has 0 spiro atoms. The molecule has 28 heavy (non-hydrogen) atoms. The molecule has 3 heterocycles. The van der Waals surface area contributed by atoms with Gasteiger partial charge < -0.3 is 14.5 Å².